The van der Waals surface area contributed by atoms with E-state index in [4.69, 9.17) is 15.2 Å². The Hall–Kier alpha value is -1.07. The minimum absolute atomic E-state index is 0.0284. The van der Waals surface area contributed by atoms with Crippen LogP contribution in [-0.2, 0) is 0 Å². The number of halogens is 1. The van der Waals surface area contributed by atoms with Crippen molar-refractivity contribution < 1.29 is 14.3 Å². The molecule has 0 aliphatic carbocycles. The van der Waals surface area contributed by atoms with Crippen molar-refractivity contribution >= 4 is 21.7 Å². The molecule has 0 saturated carbocycles. The van der Waals surface area contributed by atoms with Gasteiger partial charge in [0.05, 0.1) is 19.8 Å². The number of hydrogen-bond donors (Lipinski definition) is 1. The van der Waals surface area contributed by atoms with Gasteiger partial charge in [0.15, 0.2) is 5.78 Å². The molecule has 1 rings (SSSR count). The molecule has 1 aromatic carbocycles. The van der Waals surface area contributed by atoms with Gasteiger partial charge in [0, 0.05) is 5.92 Å². The number of ketones is 1. The third-order valence-corrected chi connectivity index (χ3v) is 3.55. The van der Waals surface area contributed by atoms with Crippen molar-refractivity contribution in [3.63, 3.8) is 0 Å². The zero-order valence-corrected chi connectivity index (χ0v) is 12.4. The molecule has 0 radical (unpaired) electrons. The maximum Gasteiger partial charge on any atom is 0.169 e. The second-order valence-corrected chi connectivity index (χ2v) is 4.80. The van der Waals surface area contributed by atoms with E-state index in [0.717, 1.165) is 0 Å². The second kappa shape index (κ2) is 6.75. The summed E-state index contributed by atoms with van der Waals surface area (Å²) < 4.78 is 11.1. The van der Waals surface area contributed by atoms with Gasteiger partial charge in [-0.15, -0.1) is 0 Å². The highest BCUT2D eigenvalue weighted by atomic mass is 79.9. The Kier molecular flexibility index (Phi) is 5.62. The number of hydrogen-bond acceptors (Lipinski definition) is 4. The fourth-order valence-corrected chi connectivity index (χ4v) is 2.41. The standard InChI is InChI=1S/C13H18BrNO3/c1-8(6-7-15)12(16)9-4-5-10(17-2)11(14)13(9)18-3/h4-5,8H,6-7,15H2,1-3H3. The van der Waals surface area contributed by atoms with Crippen molar-refractivity contribution in [2.75, 3.05) is 20.8 Å². The molecule has 100 valence electrons. The first-order chi connectivity index (χ1) is 8.56. The second-order valence-electron chi connectivity index (χ2n) is 4.01. The molecule has 0 aliphatic heterocycles. The van der Waals surface area contributed by atoms with E-state index >= 15 is 0 Å². The molecule has 5 heteroatoms. The number of nitrogens with two attached hydrogens (primary N) is 1. The summed E-state index contributed by atoms with van der Waals surface area (Å²) in [6, 6.07) is 3.47. The van der Waals surface area contributed by atoms with E-state index in [1.165, 1.54) is 7.11 Å². The summed E-state index contributed by atoms with van der Waals surface area (Å²) in [5, 5.41) is 0. The van der Waals surface area contributed by atoms with E-state index < -0.39 is 0 Å². The fourth-order valence-electron chi connectivity index (χ4n) is 1.74. The Labute approximate surface area is 116 Å². The van der Waals surface area contributed by atoms with Crippen LogP contribution in [0.25, 0.3) is 0 Å². The summed E-state index contributed by atoms with van der Waals surface area (Å²) in [6.07, 6.45) is 0.658. The fraction of sp³-hybridized carbons (Fsp3) is 0.462. The van der Waals surface area contributed by atoms with E-state index in [1.54, 1.807) is 19.2 Å². The topological polar surface area (TPSA) is 61.5 Å². The van der Waals surface area contributed by atoms with Crippen molar-refractivity contribution in [2.45, 2.75) is 13.3 Å². The maximum atomic E-state index is 12.3. The molecule has 0 heterocycles. The number of ether oxygens (including phenoxy) is 2. The van der Waals surface area contributed by atoms with Crippen molar-refractivity contribution in [3.05, 3.63) is 22.2 Å². The van der Waals surface area contributed by atoms with Crippen LogP contribution >= 0.6 is 15.9 Å². The number of Topliss-reactive ketones (excluding diaryl/α,β-unsaturated/α-hetero) is 1. The van der Waals surface area contributed by atoms with Gasteiger partial charge in [-0.25, -0.2) is 0 Å². The van der Waals surface area contributed by atoms with Crippen LogP contribution in [0.2, 0.25) is 0 Å². The monoisotopic (exact) mass is 315 g/mol. The van der Waals surface area contributed by atoms with E-state index in [-0.39, 0.29) is 11.7 Å². The molecule has 2 N–H and O–H groups in total. The highest BCUT2D eigenvalue weighted by Crippen LogP contribution is 2.38. The van der Waals surface area contributed by atoms with Crippen LogP contribution in [0.1, 0.15) is 23.7 Å². The Morgan fingerprint density at radius 3 is 2.56 bits per heavy atom. The highest BCUT2D eigenvalue weighted by Gasteiger charge is 2.22. The lowest BCUT2D eigenvalue weighted by Gasteiger charge is -2.15. The molecular weight excluding hydrogens is 298 g/mol. The number of carbonyl (C=O) groups excluding carboxylic acids is 1. The Morgan fingerprint density at radius 2 is 2.06 bits per heavy atom. The van der Waals surface area contributed by atoms with Gasteiger partial charge in [0.25, 0.3) is 0 Å². The lowest BCUT2D eigenvalue weighted by Crippen LogP contribution is -2.16. The molecule has 1 atom stereocenters. The minimum atomic E-state index is -0.121. The van der Waals surface area contributed by atoms with Crippen LogP contribution < -0.4 is 15.2 Å². The van der Waals surface area contributed by atoms with E-state index in [2.05, 4.69) is 15.9 Å². The first-order valence-electron chi connectivity index (χ1n) is 5.71. The van der Waals surface area contributed by atoms with Crippen LogP contribution in [0.15, 0.2) is 16.6 Å². The Balaban J connectivity index is 3.17. The van der Waals surface area contributed by atoms with Crippen LogP contribution in [0.4, 0.5) is 0 Å². The van der Waals surface area contributed by atoms with Gasteiger partial charge in [-0.1, -0.05) is 6.92 Å². The van der Waals surface area contributed by atoms with Gasteiger partial charge >= 0.3 is 0 Å². The van der Waals surface area contributed by atoms with Crippen LogP contribution in [0, 0.1) is 5.92 Å². The Morgan fingerprint density at radius 1 is 1.39 bits per heavy atom. The molecule has 0 spiro atoms. The smallest absolute Gasteiger partial charge is 0.169 e. The number of carbonyl (C=O) groups is 1. The van der Waals surface area contributed by atoms with Gasteiger partial charge in [-0.05, 0) is 41.0 Å². The van der Waals surface area contributed by atoms with Crippen LogP contribution in [0.5, 0.6) is 11.5 Å². The molecule has 1 aromatic rings. The minimum Gasteiger partial charge on any atom is -0.495 e. The van der Waals surface area contributed by atoms with Gasteiger partial charge in [-0.2, -0.15) is 0 Å². The predicted molar refractivity (Wildman–Crippen MR) is 74.4 cm³/mol. The van der Waals surface area contributed by atoms with Crippen molar-refractivity contribution in [1.82, 2.24) is 0 Å². The van der Waals surface area contributed by atoms with Gasteiger partial charge < -0.3 is 15.2 Å². The molecule has 0 fully saturated rings. The highest BCUT2D eigenvalue weighted by molar-refractivity contribution is 9.10. The van der Waals surface area contributed by atoms with E-state index in [9.17, 15) is 4.79 Å². The average Bonchev–Trinajstić information content (AvgIpc) is 2.37. The zero-order chi connectivity index (χ0) is 13.7. The quantitative estimate of drug-likeness (QED) is 0.820. The molecule has 0 bridgehead atoms. The predicted octanol–water partition coefficient (Wildman–Crippen LogP) is 2.63. The van der Waals surface area contributed by atoms with Crippen LogP contribution in [0.3, 0.4) is 0 Å². The third-order valence-electron chi connectivity index (χ3n) is 2.80. The van der Waals surface area contributed by atoms with Gasteiger partial charge in [0.1, 0.15) is 16.0 Å². The van der Waals surface area contributed by atoms with Crippen molar-refractivity contribution in [3.8, 4) is 11.5 Å². The number of benzene rings is 1. The SMILES string of the molecule is COc1ccc(C(=O)C(C)CCN)c(OC)c1Br. The molecule has 0 saturated heterocycles. The van der Waals surface area contributed by atoms with E-state index in [1.807, 2.05) is 6.92 Å². The maximum absolute atomic E-state index is 12.3. The first kappa shape index (κ1) is 15.0. The summed E-state index contributed by atoms with van der Waals surface area (Å²) in [5.74, 6) is 1.04. The van der Waals surface area contributed by atoms with Gasteiger partial charge in [0.2, 0.25) is 0 Å². The number of rotatable bonds is 6. The average molecular weight is 316 g/mol. The molecule has 1 unspecified atom stereocenters. The molecule has 18 heavy (non-hydrogen) atoms. The first-order valence-corrected chi connectivity index (χ1v) is 6.50. The summed E-state index contributed by atoms with van der Waals surface area (Å²) in [7, 11) is 3.10. The lowest BCUT2D eigenvalue weighted by atomic mass is 9.95. The van der Waals surface area contributed by atoms with Gasteiger partial charge in [-0.3, -0.25) is 4.79 Å². The molecule has 0 aromatic heterocycles. The summed E-state index contributed by atoms with van der Waals surface area (Å²) in [6.45, 7) is 2.36. The van der Waals surface area contributed by atoms with E-state index in [0.29, 0.717) is 34.5 Å². The molecular formula is C13H18BrNO3. The summed E-state index contributed by atoms with van der Waals surface area (Å²) in [4.78, 5) is 12.3. The summed E-state index contributed by atoms with van der Waals surface area (Å²) >= 11 is 3.38. The summed E-state index contributed by atoms with van der Waals surface area (Å²) in [5.41, 5.74) is 6.03. The van der Waals surface area contributed by atoms with Crippen LogP contribution in [-0.4, -0.2) is 26.5 Å². The number of methoxy groups -OCH3 is 2. The molecule has 0 amide bonds. The molecule has 4 nitrogen and oxygen atoms in total. The third kappa shape index (κ3) is 3.03. The van der Waals surface area contributed by atoms with Crippen molar-refractivity contribution in [1.29, 1.82) is 0 Å². The lowest BCUT2D eigenvalue weighted by molar-refractivity contribution is 0.0922. The normalized spacial score (nSPS) is 12.1. The zero-order valence-electron chi connectivity index (χ0n) is 10.8. The Bertz CT molecular complexity index is 434. The largest absolute Gasteiger partial charge is 0.495 e. The van der Waals surface area contributed by atoms with Crippen molar-refractivity contribution in [2.24, 2.45) is 11.7 Å². The molecule has 0 aliphatic rings.